The molecule has 1 amide bonds. The summed E-state index contributed by atoms with van der Waals surface area (Å²) in [5.74, 6) is -0.292. The zero-order valence-corrected chi connectivity index (χ0v) is 11.2. The van der Waals surface area contributed by atoms with E-state index in [0.717, 1.165) is 0 Å². The molecule has 0 bridgehead atoms. The minimum Gasteiger partial charge on any atom is -0.352 e. The van der Waals surface area contributed by atoms with Gasteiger partial charge in [-0.1, -0.05) is 27.7 Å². The van der Waals surface area contributed by atoms with Crippen molar-refractivity contribution in [2.45, 2.75) is 27.7 Å². The number of aromatic nitrogens is 1. The van der Waals surface area contributed by atoms with Gasteiger partial charge in [-0.3, -0.25) is 4.79 Å². The summed E-state index contributed by atoms with van der Waals surface area (Å²) in [6.07, 6.45) is 1.26. The Morgan fingerprint density at radius 1 is 1.33 bits per heavy atom. The molecular formula is C14H19FN2O. The summed E-state index contributed by atoms with van der Waals surface area (Å²) in [5, 5.41) is 2.89. The van der Waals surface area contributed by atoms with Crippen LogP contribution < -0.4 is 5.32 Å². The van der Waals surface area contributed by atoms with Gasteiger partial charge in [-0.15, -0.1) is 0 Å². The molecule has 1 aromatic heterocycles. The highest BCUT2D eigenvalue weighted by molar-refractivity contribution is 5.93. The molecule has 1 heterocycles. The Hall–Kier alpha value is -1.45. The summed E-state index contributed by atoms with van der Waals surface area (Å²) in [4.78, 5) is 15.3. The number of halogens is 1. The number of carbonyl (C=O) groups is 1. The number of nitrogens with one attached hydrogen (secondary N) is 1. The maximum absolute atomic E-state index is 12.6. The van der Waals surface area contributed by atoms with Crippen LogP contribution in [-0.2, 0) is 0 Å². The van der Waals surface area contributed by atoms with Crippen molar-refractivity contribution in [3.8, 4) is 0 Å². The summed E-state index contributed by atoms with van der Waals surface area (Å²) < 4.78 is 12.6. The fourth-order valence-electron chi connectivity index (χ4n) is 2.65. The molecule has 0 unspecified atom stereocenters. The van der Waals surface area contributed by atoms with Crippen molar-refractivity contribution in [2.75, 3.05) is 6.54 Å². The van der Waals surface area contributed by atoms with Gasteiger partial charge in [0.15, 0.2) is 0 Å². The summed E-state index contributed by atoms with van der Waals surface area (Å²) in [7, 11) is 0. The van der Waals surface area contributed by atoms with E-state index in [2.05, 4.69) is 38.0 Å². The van der Waals surface area contributed by atoms with E-state index in [0.29, 0.717) is 18.0 Å². The molecule has 1 fully saturated rings. The number of nitrogens with zero attached hydrogens (tertiary/aromatic N) is 1. The van der Waals surface area contributed by atoms with Crippen LogP contribution in [0.1, 0.15) is 38.1 Å². The average molecular weight is 250 g/mol. The molecular weight excluding hydrogens is 231 g/mol. The third-order valence-electron chi connectivity index (χ3n) is 4.78. The van der Waals surface area contributed by atoms with Crippen molar-refractivity contribution in [2.24, 2.45) is 16.7 Å². The molecule has 1 saturated carbocycles. The maximum Gasteiger partial charge on any atom is 0.252 e. The molecule has 0 atom stereocenters. The van der Waals surface area contributed by atoms with E-state index in [4.69, 9.17) is 0 Å². The molecule has 1 aromatic rings. The van der Waals surface area contributed by atoms with Gasteiger partial charge in [0.1, 0.15) is 0 Å². The first-order valence-corrected chi connectivity index (χ1v) is 6.16. The lowest BCUT2D eigenvalue weighted by atomic mass is 10.0. The van der Waals surface area contributed by atoms with E-state index in [1.165, 1.54) is 18.3 Å². The molecule has 0 radical (unpaired) electrons. The molecule has 3 nitrogen and oxygen atoms in total. The van der Waals surface area contributed by atoms with Crippen LogP contribution in [0.15, 0.2) is 18.3 Å². The van der Waals surface area contributed by atoms with Gasteiger partial charge >= 0.3 is 0 Å². The molecule has 1 aliphatic rings. The van der Waals surface area contributed by atoms with E-state index in [9.17, 15) is 9.18 Å². The fraction of sp³-hybridized carbons (Fsp3) is 0.571. The second-order valence-corrected chi connectivity index (χ2v) is 6.08. The molecule has 0 aliphatic heterocycles. The number of hydrogen-bond acceptors (Lipinski definition) is 2. The largest absolute Gasteiger partial charge is 0.352 e. The van der Waals surface area contributed by atoms with Crippen molar-refractivity contribution in [3.63, 3.8) is 0 Å². The quantitative estimate of drug-likeness (QED) is 0.838. The van der Waals surface area contributed by atoms with E-state index >= 15 is 0 Å². The molecule has 18 heavy (non-hydrogen) atoms. The van der Waals surface area contributed by atoms with Crippen molar-refractivity contribution >= 4 is 5.91 Å². The summed E-state index contributed by atoms with van der Waals surface area (Å²) in [5.41, 5.74) is 0.899. The number of rotatable bonds is 3. The zero-order chi connectivity index (χ0) is 13.6. The minimum absolute atomic E-state index is 0.194. The van der Waals surface area contributed by atoms with Gasteiger partial charge in [-0.25, -0.2) is 4.98 Å². The molecule has 1 aliphatic carbocycles. The molecule has 2 rings (SSSR count). The molecule has 4 heteroatoms. The van der Waals surface area contributed by atoms with Crippen LogP contribution >= 0.6 is 0 Å². The average Bonchev–Trinajstić information content (AvgIpc) is 2.67. The highest BCUT2D eigenvalue weighted by atomic mass is 19.1. The lowest BCUT2D eigenvalue weighted by Crippen LogP contribution is -2.27. The lowest BCUT2D eigenvalue weighted by molar-refractivity contribution is 0.0949. The first kappa shape index (κ1) is 13.0. The van der Waals surface area contributed by atoms with Crippen LogP contribution in [0, 0.1) is 22.7 Å². The minimum atomic E-state index is -0.573. The fourth-order valence-corrected chi connectivity index (χ4v) is 2.65. The first-order chi connectivity index (χ1) is 8.26. The molecule has 0 saturated heterocycles. The van der Waals surface area contributed by atoms with Crippen molar-refractivity contribution < 1.29 is 9.18 Å². The predicted octanol–water partition coefficient (Wildman–Crippen LogP) is 2.63. The Balaban J connectivity index is 1.92. The molecule has 1 N–H and O–H groups in total. The SMILES string of the molecule is CC1(C)C(CNC(=O)c2ccc(F)nc2)C1(C)C. The Labute approximate surface area is 107 Å². The first-order valence-electron chi connectivity index (χ1n) is 6.16. The van der Waals surface area contributed by atoms with Crippen LogP contribution in [0.25, 0.3) is 0 Å². The predicted molar refractivity (Wildman–Crippen MR) is 67.6 cm³/mol. The monoisotopic (exact) mass is 250 g/mol. The van der Waals surface area contributed by atoms with E-state index < -0.39 is 5.95 Å². The number of amides is 1. The normalized spacial score (nSPS) is 20.5. The summed E-state index contributed by atoms with van der Waals surface area (Å²) in [6, 6.07) is 2.64. The third-order valence-corrected chi connectivity index (χ3v) is 4.78. The maximum atomic E-state index is 12.6. The topological polar surface area (TPSA) is 42.0 Å². The van der Waals surface area contributed by atoms with Gasteiger partial charge in [0.2, 0.25) is 5.95 Å². The Morgan fingerprint density at radius 3 is 2.39 bits per heavy atom. The summed E-state index contributed by atoms with van der Waals surface area (Å²) >= 11 is 0. The Morgan fingerprint density at radius 2 is 1.94 bits per heavy atom. The zero-order valence-electron chi connectivity index (χ0n) is 11.2. The number of carbonyl (C=O) groups excluding carboxylic acids is 1. The molecule has 0 aromatic carbocycles. The van der Waals surface area contributed by atoms with Crippen molar-refractivity contribution in [1.29, 1.82) is 0 Å². The Bertz CT molecular complexity index is 451. The number of hydrogen-bond donors (Lipinski definition) is 1. The van der Waals surface area contributed by atoms with Gasteiger partial charge in [0.05, 0.1) is 5.56 Å². The second-order valence-electron chi connectivity index (χ2n) is 6.08. The van der Waals surface area contributed by atoms with Gasteiger partial charge < -0.3 is 5.32 Å². The van der Waals surface area contributed by atoms with Gasteiger partial charge in [-0.2, -0.15) is 4.39 Å². The van der Waals surface area contributed by atoms with Crippen LogP contribution in [0.5, 0.6) is 0 Å². The van der Waals surface area contributed by atoms with Crippen LogP contribution in [-0.4, -0.2) is 17.4 Å². The van der Waals surface area contributed by atoms with Crippen molar-refractivity contribution in [3.05, 3.63) is 29.8 Å². The van der Waals surface area contributed by atoms with Crippen LogP contribution in [0.2, 0.25) is 0 Å². The number of pyridine rings is 1. The molecule has 0 spiro atoms. The standard InChI is InChI=1S/C14H19FN2O/c1-13(2)10(14(13,3)4)8-17-12(18)9-5-6-11(15)16-7-9/h5-7,10H,8H2,1-4H3,(H,17,18). The van der Waals surface area contributed by atoms with Crippen molar-refractivity contribution in [1.82, 2.24) is 10.3 Å². The van der Waals surface area contributed by atoms with E-state index in [1.807, 2.05) is 0 Å². The lowest BCUT2D eigenvalue weighted by Gasteiger charge is -2.06. The second kappa shape index (κ2) is 4.04. The summed E-state index contributed by atoms with van der Waals surface area (Å²) in [6.45, 7) is 9.50. The van der Waals surface area contributed by atoms with Crippen LogP contribution in [0.4, 0.5) is 4.39 Å². The van der Waals surface area contributed by atoms with Gasteiger partial charge in [-0.05, 0) is 28.9 Å². The molecule has 98 valence electrons. The van der Waals surface area contributed by atoms with Crippen LogP contribution in [0.3, 0.4) is 0 Å². The van der Waals surface area contributed by atoms with Gasteiger partial charge in [0, 0.05) is 12.7 Å². The smallest absolute Gasteiger partial charge is 0.252 e. The highest BCUT2D eigenvalue weighted by Crippen LogP contribution is 2.67. The Kier molecular flexibility index (Phi) is 2.92. The highest BCUT2D eigenvalue weighted by Gasteiger charge is 2.64. The van der Waals surface area contributed by atoms with E-state index in [1.54, 1.807) is 0 Å². The van der Waals surface area contributed by atoms with E-state index in [-0.39, 0.29) is 16.7 Å². The van der Waals surface area contributed by atoms with Gasteiger partial charge in [0.25, 0.3) is 5.91 Å². The third kappa shape index (κ3) is 2.00.